The molecule has 1 amide bonds. The van der Waals surface area contributed by atoms with Gasteiger partial charge < -0.3 is 19.5 Å². The van der Waals surface area contributed by atoms with Crippen LogP contribution in [0.1, 0.15) is 30.9 Å². The van der Waals surface area contributed by atoms with Gasteiger partial charge in [0.05, 0.1) is 37.0 Å². The quantitative estimate of drug-likeness (QED) is 0.561. The van der Waals surface area contributed by atoms with Crippen molar-refractivity contribution < 1.29 is 32.2 Å². The molecule has 0 radical (unpaired) electrons. The van der Waals surface area contributed by atoms with Crippen molar-refractivity contribution in [3.63, 3.8) is 0 Å². The minimum atomic E-state index is -4.51. The van der Waals surface area contributed by atoms with Crippen LogP contribution in [0, 0.1) is 11.3 Å². The molecule has 0 unspecified atom stereocenters. The molecule has 1 N–H and O–H groups in total. The standard InChI is InChI=1S/C22H23F3N2O4/c1-15(14-31-18-7-4-3-6-17(18)22(23,24)25)27-21(28)8-5-11-30-19-10-9-16(13-26)12-20(19)29-2/h3-4,6-7,9-10,12,15H,5,8,11,14H2,1-2H3,(H,27,28)/t15-/m1/s1. The van der Waals surface area contributed by atoms with Gasteiger partial charge in [0, 0.05) is 12.5 Å². The first kappa shape index (κ1) is 23.9. The van der Waals surface area contributed by atoms with E-state index in [0.29, 0.717) is 23.5 Å². The third-order valence-corrected chi connectivity index (χ3v) is 4.19. The molecule has 0 saturated carbocycles. The highest BCUT2D eigenvalue weighted by molar-refractivity contribution is 5.76. The number of rotatable bonds is 10. The van der Waals surface area contributed by atoms with Gasteiger partial charge >= 0.3 is 6.18 Å². The van der Waals surface area contributed by atoms with Crippen molar-refractivity contribution in [1.29, 1.82) is 5.26 Å². The number of para-hydroxylation sites is 1. The van der Waals surface area contributed by atoms with Crippen LogP contribution in [0.15, 0.2) is 42.5 Å². The maximum Gasteiger partial charge on any atom is 0.419 e. The predicted molar refractivity (Wildman–Crippen MR) is 107 cm³/mol. The monoisotopic (exact) mass is 436 g/mol. The van der Waals surface area contributed by atoms with Crippen LogP contribution in [0.5, 0.6) is 17.2 Å². The summed E-state index contributed by atoms with van der Waals surface area (Å²) >= 11 is 0. The van der Waals surface area contributed by atoms with Gasteiger partial charge in [-0.15, -0.1) is 0 Å². The van der Waals surface area contributed by atoms with Gasteiger partial charge in [-0.05, 0) is 37.6 Å². The fourth-order valence-electron chi connectivity index (χ4n) is 2.70. The molecule has 0 aromatic heterocycles. The van der Waals surface area contributed by atoms with E-state index >= 15 is 0 Å². The molecule has 31 heavy (non-hydrogen) atoms. The molecule has 2 aromatic rings. The number of ether oxygens (including phenoxy) is 3. The Morgan fingerprint density at radius 3 is 2.55 bits per heavy atom. The van der Waals surface area contributed by atoms with E-state index in [-0.39, 0.29) is 31.3 Å². The smallest absolute Gasteiger partial charge is 0.419 e. The van der Waals surface area contributed by atoms with Crippen molar-refractivity contribution in [3.05, 3.63) is 53.6 Å². The third kappa shape index (κ3) is 7.41. The summed E-state index contributed by atoms with van der Waals surface area (Å²) in [5.74, 6) is 0.344. The Kier molecular flexibility index (Phi) is 8.55. The fourth-order valence-corrected chi connectivity index (χ4v) is 2.70. The predicted octanol–water partition coefficient (Wildman–Crippen LogP) is 4.33. The molecule has 0 bridgehead atoms. The number of carbonyl (C=O) groups is 1. The van der Waals surface area contributed by atoms with Crippen LogP contribution in [0.25, 0.3) is 0 Å². The molecular weight excluding hydrogens is 413 g/mol. The lowest BCUT2D eigenvalue weighted by atomic mass is 10.2. The molecule has 6 nitrogen and oxygen atoms in total. The third-order valence-electron chi connectivity index (χ3n) is 4.19. The van der Waals surface area contributed by atoms with E-state index in [2.05, 4.69) is 5.32 Å². The van der Waals surface area contributed by atoms with Gasteiger partial charge in [0.2, 0.25) is 5.91 Å². The molecule has 0 aliphatic carbocycles. The number of nitrogens with zero attached hydrogens (tertiary/aromatic N) is 1. The Balaban J connectivity index is 1.74. The minimum absolute atomic E-state index is 0.0994. The summed E-state index contributed by atoms with van der Waals surface area (Å²) < 4.78 is 55.0. The van der Waals surface area contributed by atoms with Crippen LogP contribution in [-0.4, -0.2) is 32.3 Å². The Morgan fingerprint density at radius 2 is 1.87 bits per heavy atom. The first-order valence-electron chi connectivity index (χ1n) is 9.54. The van der Waals surface area contributed by atoms with Gasteiger partial charge in [0.25, 0.3) is 0 Å². The molecule has 0 heterocycles. The molecule has 0 aliphatic rings. The summed E-state index contributed by atoms with van der Waals surface area (Å²) in [6, 6.07) is 11.2. The molecule has 2 aromatic carbocycles. The van der Waals surface area contributed by atoms with Crippen molar-refractivity contribution in [2.45, 2.75) is 32.0 Å². The number of benzene rings is 2. The number of nitrogens with one attached hydrogen (secondary N) is 1. The topological polar surface area (TPSA) is 80.6 Å². The lowest BCUT2D eigenvalue weighted by Crippen LogP contribution is -2.37. The maximum atomic E-state index is 13.0. The number of halogens is 3. The summed E-state index contributed by atoms with van der Waals surface area (Å²) in [6.45, 7) is 1.80. The second-order valence-electron chi connectivity index (χ2n) is 6.70. The second-order valence-corrected chi connectivity index (χ2v) is 6.70. The molecule has 0 saturated heterocycles. The van der Waals surface area contributed by atoms with Crippen molar-refractivity contribution in [2.75, 3.05) is 20.3 Å². The summed E-state index contributed by atoms with van der Waals surface area (Å²) in [5.41, 5.74) is -0.415. The number of methoxy groups -OCH3 is 1. The zero-order chi connectivity index (χ0) is 22.9. The Morgan fingerprint density at radius 1 is 1.13 bits per heavy atom. The van der Waals surface area contributed by atoms with Crippen molar-refractivity contribution >= 4 is 5.91 Å². The van der Waals surface area contributed by atoms with Gasteiger partial charge in [-0.3, -0.25) is 4.79 Å². The van der Waals surface area contributed by atoms with E-state index in [9.17, 15) is 18.0 Å². The zero-order valence-electron chi connectivity index (χ0n) is 17.2. The Hall–Kier alpha value is -3.41. The second kappa shape index (κ2) is 11.1. The number of alkyl halides is 3. The fraction of sp³-hybridized carbons (Fsp3) is 0.364. The number of nitriles is 1. The van der Waals surface area contributed by atoms with E-state index in [1.807, 2.05) is 6.07 Å². The van der Waals surface area contributed by atoms with E-state index < -0.39 is 17.8 Å². The van der Waals surface area contributed by atoms with Crippen LogP contribution in [0.4, 0.5) is 13.2 Å². The van der Waals surface area contributed by atoms with E-state index in [0.717, 1.165) is 6.07 Å². The molecule has 1 atom stereocenters. The van der Waals surface area contributed by atoms with E-state index in [4.69, 9.17) is 19.5 Å². The molecule has 0 fully saturated rings. The Labute approximate surface area is 178 Å². The molecule has 0 aliphatic heterocycles. The number of hydrogen-bond donors (Lipinski definition) is 1. The van der Waals surface area contributed by atoms with Crippen LogP contribution in [0.3, 0.4) is 0 Å². The molecule has 0 spiro atoms. The van der Waals surface area contributed by atoms with Crippen LogP contribution < -0.4 is 19.5 Å². The van der Waals surface area contributed by atoms with Gasteiger partial charge in [-0.25, -0.2) is 0 Å². The highest BCUT2D eigenvalue weighted by Gasteiger charge is 2.34. The van der Waals surface area contributed by atoms with E-state index in [1.54, 1.807) is 25.1 Å². The number of amides is 1. The first-order chi connectivity index (χ1) is 14.7. The van der Waals surface area contributed by atoms with Gasteiger partial charge in [0.1, 0.15) is 12.4 Å². The lowest BCUT2D eigenvalue weighted by molar-refractivity contribution is -0.139. The lowest BCUT2D eigenvalue weighted by Gasteiger charge is -2.18. The maximum absolute atomic E-state index is 13.0. The van der Waals surface area contributed by atoms with E-state index in [1.165, 1.54) is 25.3 Å². The number of carbonyl (C=O) groups excluding carboxylic acids is 1. The summed E-state index contributed by atoms with van der Waals surface area (Å²) in [4.78, 5) is 12.0. The van der Waals surface area contributed by atoms with Crippen molar-refractivity contribution in [3.8, 4) is 23.3 Å². The number of hydrogen-bond acceptors (Lipinski definition) is 5. The largest absolute Gasteiger partial charge is 0.493 e. The van der Waals surface area contributed by atoms with Crippen molar-refractivity contribution in [2.24, 2.45) is 0 Å². The van der Waals surface area contributed by atoms with Gasteiger partial charge in [-0.2, -0.15) is 18.4 Å². The van der Waals surface area contributed by atoms with Gasteiger partial charge in [0.15, 0.2) is 11.5 Å². The Bertz CT molecular complexity index is 926. The molecule has 2 rings (SSSR count). The van der Waals surface area contributed by atoms with Crippen LogP contribution >= 0.6 is 0 Å². The zero-order valence-corrected chi connectivity index (χ0v) is 17.2. The van der Waals surface area contributed by atoms with Crippen molar-refractivity contribution in [1.82, 2.24) is 5.32 Å². The average molecular weight is 436 g/mol. The SMILES string of the molecule is COc1cc(C#N)ccc1OCCCC(=O)N[C@H](C)COc1ccccc1C(F)(F)F. The molecule has 9 heteroatoms. The summed E-state index contributed by atoms with van der Waals surface area (Å²) in [6.07, 6.45) is -3.93. The highest BCUT2D eigenvalue weighted by Crippen LogP contribution is 2.35. The molecular formula is C22H23F3N2O4. The first-order valence-corrected chi connectivity index (χ1v) is 9.54. The van der Waals surface area contributed by atoms with Crippen LogP contribution in [0.2, 0.25) is 0 Å². The van der Waals surface area contributed by atoms with Crippen LogP contribution in [-0.2, 0) is 11.0 Å². The summed E-state index contributed by atoms with van der Waals surface area (Å²) in [5, 5.41) is 11.6. The van der Waals surface area contributed by atoms with Gasteiger partial charge in [-0.1, -0.05) is 12.1 Å². The average Bonchev–Trinajstić information content (AvgIpc) is 2.74. The minimum Gasteiger partial charge on any atom is -0.493 e. The summed E-state index contributed by atoms with van der Waals surface area (Å²) in [7, 11) is 1.47. The normalized spacial score (nSPS) is 11.9. The molecule has 166 valence electrons. The highest BCUT2D eigenvalue weighted by atomic mass is 19.4.